The normalized spacial score (nSPS) is 10.3. The van der Waals surface area contributed by atoms with E-state index in [1.165, 1.54) is 10.9 Å². The fourth-order valence-corrected chi connectivity index (χ4v) is 1.48. The molecule has 20 heavy (non-hydrogen) atoms. The van der Waals surface area contributed by atoms with Crippen molar-refractivity contribution in [2.45, 2.75) is 13.5 Å². The van der Waals surface area contributed by atoms with E-state index in [0.29, 0.717) is 5.69 Å². The van der Waals surface area contributed by atoms with Crippen LogP contribution in [0.5, 0.6) is 0 Å². The molecule has 0 unspecified atom stereocenters. The van der Waals surface area contributed by atoms with E-state index in [-0.39, 0.29) is 18.7 Å². The van der Waals surface area contributed by atoms with E-state index in [1.54, 1.807) is 38.2 Å². The van der Waals surface area contributed by atoms with Crippen molar-refractivity contribution in [2.75, 3.05) is 20.7 Å². The maximum absolute atomic E-state index is 11.6. The molecule has 0 aliphatic heterocycles. The molecule has 0 aliphatic rings. The second-order valence-electron chi connectivity index (χ2n) is 4.13. The van der Waals surface area contributed by atoms with E-state index >= 15 is 0 Å². The number of rotatable bonds is 5. The summed E-state index contributed by atoms with van der Waals surface area (Å²) in [6, 6.07) is 1.82. The first-order valence-electron chi connectivity index (χ1n) is 5.99. The molecule has 0 aliphatic carbocycles. The molecule has 0 bridgehead atoms. The van der Waals surface area contributed by atoms with Crippen LogP contribution in [0.4, 0.5) is 0 Å². The van der Waals surface area contributed by atoms with Gasteiger partial charge >= 0.3 is 5.97 Å². The molecule has 1 aromatic heterocycles. The summed E-state index contributed by atoms with van der Waals surface area (Å²) in [5.74, 6) is -0.457. The largest absolute Gasteiger partial charge is 0.465 e. The lowest BCUT2D eigenvalue weighted by Crippen LogP contribution is -2.22. The Morgan fingerprint density at radius 1 is 1.60 bits per heavy atom. The van der Waals surface area contributed by atoms with Crippen LogP contribution in [0.2, 0.25) is 0 Å². The van der Waals surface area contributed by atoms with E-state index in [0.717, 1.165) is 0 Å². The Kier molecular flexibility index (Phi) is 5.47. The Hall–Kier alpha value is -2.62. The molecule has 0 atom stereocenters. The van der Waals surface area contributed by atoms with Gasteiger partial charge in [-0.3, -0.25) is 9.59 Å². The first-order valence-corrected chi connectivity index (χ1v) is 5.99. The summed E-state index contributed by atoms with van der Waals surface area (Å²) in [7, 11) is 3.61. The maximum Gasteiger partial charge on any atom is 0.325 e. The summed E-state index contributed by atoms with van der Waals surface area (Å²) in [6.07, 6.45) is 4.49. The Labute approximate surface area is 116 Å². The fourth-order valence-electron chi connectivity index (χ4n) is 1.48. The van der Waals surface area contributed by atoms with E-state index in [1.807, 2.05) is 6.07 Å². The van der Waals surface area contributed by atoms with Gasteiger partial charge in [0.2, 0.25) is 0 Å². The van der Waals surface area contributed by atoms with Crippen molar-refractivity contribution < 1.29 is 9.53 Å². The second kappa shape index (κ2) is 7.09. The number of nitriles is 1. The van der Waals surface area contributed by atoms with Gasteiger partial charge in [0.1, 0.15) is 18.2 Å². The number of carbonyl (C=O) groups excluding carboxylic acids is 1. The molecule has 1 aromatic rings. The fraction of sp³-hybridized carbons (Fsp3) is 0.385. The minimum absolute atomic E-state index is 0.102. The van der Waals surface area contributed by atoms with Gasteiger partial charge in [-0.15, -0.1) is 0 Å². The molecule has 0 amide bonds. The van der Waals surface area contributed by atoms with Gasteiger partial charge in [0, 0.05) is 20.3 Å². The first kappa shape index (κ1) is 15.4. The second-order valence-corrected chi connectivity index (χ2v) is 4.13. The van der Waals surface area contributed by atoms with Crippen LogP contribution in [0.25, 0.3) is 6.08 Å². The van der Waals surface area contributed by atoms with Crippen LogP contribution in [-0.4, -0.2) is 41.1 Å². The molecule has 7 heteroatoms. The topological polar surface area (TPSA) is 88.2 Å². The van der Waals surface area contributed by atoms with E-state index < -0.39 is 11.5 Å². The van der Waals surface area contributed by atoms with Gasteiger partial charge < -0.3 is 14.2 Å². The van der Waals surface area contributed by atoms with E-state index in [2.05, 4.69) is 4.98 Å². The zero-order valence-corrected chi connectivity index (χ0v) is 11.7. The smallest absolute Gasteiger partial charge is 0.325 e. The third kappa shape index (κ3) is 3.95. The van der Waals surface area contributed by atoms with Gasteiger partial charge in [0.15, 0.2) is 0 Å². The standard InChI is InChI=1S/C13H16N4O3/c1-4-20-12(18)8-17-9-15-13(19)10(7-14)11(17)5-6-16(2)3/h5-6,9H,4,8H2,1-3H3/b6-5-. The minimum Gasteiger partial charge on any atom is -0.465 e. The van der Waals surface area contributed by atoms with E-state index in [9.17, 15) is 9.59 Å². The van der Waals surface area contributed by atoms with Crippen LogP contribution < -0.4 is 5.56 Å². The van der Waals surface area contributed by atoms with Crippen molar-refractivity contribution in [3.05, 3.63) is 34.1 Å². The molecule has 0 radical (unpaired) electrons. The highest BCUT2D eigenvalue weighted by molar-refractivity contribution is 5.70. The molecular weight excluding hydrogens is 260 g/mol. The third-order valence-electron chi connectivity index (χ3n) is 2.34. The first-order chi connectivity index (χ1) is 9.49. The van der Waals surface area contributed by atoms with Gasteiger partial charge in [-0.25, -0.2) is 0 Å². The molecule has 0 spiro atoms. The molecule has 1 rings (SSSR count). The zero-order valence-electron chi connectivity index (χ0n) is 11.7. The van der Waals surface area contributed by atoms with Gasteiger partial charge in [0.05, 0.1) is 18.6 Å². The van der Waals surface area contributed by atoms with Crippen molar-refractivity contribution in [2.24, 2.45) is 0 Å². The molecular formula is C13H16N4O3. The molecule has 0 N–H and O–H groups in total. The molecule has 0 saturated heterocycles. The number of hydrogen-bond donors (Lipinski definition) is 0. The average molecular weight is 276 g/mol. The monoisotopic (exact) mass is 276 g/mol. The number of nitrogens with zero attached hydrogens (tertiary/aromatic N) is 4. The Morgan fingerprint density at radius 2 is 2.30 bits per heavy atom. The number of hydrogen-bond acceptors (Lipinski definition) is 6. The Balaban J connectivity index is 3.26. The number of aromatic nitrogens is 2. The highest BCUT2D eigenvalue weighted by atomic mass is 16.5. The number of ether oxygens (including phenoxy) is 1. The van der Waals surface area contributed by atoms with Crippen molar-refractivity contribution >= 4 is 12.0 Å². The number of esters is 1. The van der Waals surface area contributed by atoms with Crippen molar-refractivity contribution in [3.63, 3.8) is 0 Å². The Morgan fingerprint density at radius 3 is 2.85 bits per heavy atom. The summed E-state index contributed by atoms with van der Waals surface area (Å²) in [6.45, 7) is 1.86. The highest BCUT2D eigenvalue weighted by Crippen LogP contribution is 2.06. The van der Waals surface area contributed by atoms with Gasteiger partial charge in [0.25, 0.3) is 5.56 Å². The van der Waals surface area contributed by atoms with Crippen molar-refractivity contribution in [1.82, 2.24) is 14.5 Å². The van der Waals surface area contributed by atoms with Crippen LogP contribution in [0.1, 0.15) is 18.2 Å². The number of carbonyl (C=O) groups is 1. The minimum atomic E-state index is -0.619. The summed E-state index contributed by atoms with van der Waals surface area (Å²) in [4.78, 5) is 28.4. The molecule has 0 saturated carbocycles. The van der Waals surface area contributed by atoms with Crippen molar-refractivity contribution in [1.29, 1.82) is 5.26 Å². The third-order valence-corrected chi connectivity index (χ3v) is 2.34. The molecule has 106 valence electrons. The molecule has 0 fully saturated rings. The highest BCUT2D eigenvalue weighted by Gasteiger charge is 2.12. The lowest BCUT2D eigenvalue weighted by atomic mass is 10.2. The maximum atomic E-state index is 11.6. The molecule has 7 nitrogen and oxygen atoms in total. The summed E-state index contributed by atoms with van der Waals surface area (Å²) in [5.41, 5.74) is -0.393. The quantitative estimate of drug-likeness (QED) is 0.714. The molecule has 0 aromatic carbocycles. The van der Waals surface area contributed by atoms with Gasteiger partial charge in [-0.05, 0) is 13.0 Å². The average Bonchev–Trinajstić information content (AvgIpc) is 2.38. The van der Waals surface area contributed by atoms with Gasteiger partial charge in [-0.2, -0.15) is 10.2 Å². The van der Waals surface area contributed by atoms with Gasteiger partial charge in [-0.1, -0.05) is 0 Å². The predicted molar refractivity (Wildman–Crippen MR) is 72.6 cm³/mol. The SMILES string of the molecule is CCOC(=O)Cn1cnc(=O)c(C#N)c1/C=C\N(C)C. The zero-order chi connectivity index (χ0) is 15.1. The predicted octanol–water partition coefficient (Wildman–Crippen LogP) is 0.210. The lowest BCUT2D eigenvalue weighted by molar-refractivity contribution is -0.143. The molecule has 1 heterocycles. The van der Waals surface area contributed by atoms with E-state index in [4.69, 9.17) is 10.00 Å². The van der Waals surface area contributed by atoms with Crippen LogP contribution in [0.15, 0.2) is 17.3 Å². The van der Waals surface area contributed by atoms with Crippen LogP contribution >= 0.6 is 0 Å². The Bertz CT molecular complexity index is 611. The van der Waals surface area contributed by atoms with Crippen LogP contribution in [-0.2, 0) is 16.1 Å². The summed E-state index contributed by atoms with van der Waals surface area (Å²) < 4.78 is 6.26. The van der Waals surface area contributed by atoms with Crippen molar-refractivity contribution in [3.8, 4) is 6.07 Å². The van der Waals surface area contributed by atoms with Crippen LogP contribution in [0.3, 0.4) is 0 Å². The lowest BCUT2D eigenvalue weighted by Gasteiger charge is -2.11. The van der Waals surface area contributed by atoms with Crippen LogP contribution in [0, 0.1) is 11.3 Å². The summed E-state index contributed by atoms with van der Waals surface area (Å²) >= 11 is 0. The summed E-state index contributed by atoms with van der Waals surface area (Å²) in [5, 5.41) is 9.06.